The Bertz CT molecular complexity index is 486. The highest BCUT2D eigenvalue weighted by Crippen LogP contribution is 2.13. The molecule has 0 aliphatic heterocycles. The van der Waals surface area contributed by atoms with Gasteiger partial charge in [0.2, 0.25) is 0 Å². The molecule has 0 amide bonds. The Morgan fingerprint density at radius 3 is 2.76 bits per heavy atom. The van der Waals surface area contributed by atoms with Crippen LogP contribution in [0.3, 0.4) is 0 Å². The van der Waals surface area contributed by atoms with E-state index in [2.05, 4.69) is 5.23 Å². The van der Waals surface area contributed by atoms with E-state index in [1.165, 1.54) is 0 Å². The number of nitrogens with one attached hydrogen (secondary N) is 1. The van der Waals surface area contributed by atoms with Crippen molar-refractivity contribution in [1.82, 2.24) is 5.23 Å². The van der Waals surface area contributed by atoms with Crippen LogP contribution in [-0.2, 0) is 20.7 Å². The van der Waals surface area contributed by atoms with Crippen molar-refractivity contribution in [3.63, 3.8) is 0 Å². The van der Waals surface area contributed by atoms with E-state index in [1.54, 1.807) is 0 Å². The zero-order valence-corrected chi connectivity index (χ0v) is 12.9. The predicted octanol–water partition coefficient (Wildman–Crippen LogP) is 1.04. The lowest BCUT2D eigenvalue weighted by Crippen LogP contribution is -2.38. The van der Waals surface area contributed by atoms with E-state index < -0.39 is 5.60 Å². The van der Waals surface area contributed by atoms with E-state index in [0.717, 1.165) is 11.7 Å². The Morgan fingerprint density at radius 2 is 2.19 bits per heavy atom. The number of carbonyl (C=O) groups excluding carboxylic acids is 2. The molecule has 1 aromatic carbocycles. The van der Waals surface area contributed by atoms with E-state index in [4.69, 9.17) is 10.5 Å². The summed E-state index contributed by atoms with van der Waals surface area (Å²) in [5, 5.41) is 3.04. The van der Waals surface area contributed by atoms with Crippen molar-refractivity contribution in [1.29, 1.82) is 0 Å². The molecule has 3 N–H and O–H groups in total. The predicted molar refractivity (Wildman–Crippen MR) is 85.8 cm³/mol. The van der Waals surface area contributed by atoms with Crippen LogP contribution < -0.4 is 11.0 Å². The Labute approximate surface area is 126 Å². The fourth-order valence-corrected chi connectivity index (χ4v) is 2.02. The zero-order chi connectivity index (χ0) is 15.9. The molecular weight excluding hydrogens is 267 g/mol. The molecule has 1 aromatic rings. The lowest BCUT2D eigenvalue weighted by Gasteiger charge is -2.22. The van der Waals surface area contributed by atoms with Crippen molar-refractivity contribution in [2.45, 2.75) is 45.3 Å². The average molecular weight is 290 g/mol. The molecule has 0 aromatic heterocycles. The minimum atomic E-state index is -0.510. The molecule has 0 aliphatic rings. The summed E-state index contributed by atoms with van der Waals surface area (Å²) in [6.07, 6.45) is 1.60. The Hall–Kier alpha value is -1.82. The monoisotopic (exact) mass is 290 g/mol. The van der Waals surface area contributed by atoms with Crippen LogP contribution in [0.15, 0.2) is 24.3 Å². The Morgan fingerprint density at radius 1 is 1.48 bits per heavy atom. The third kappa shape index (κ3) is 7.51. The fraction of sp³-hybridized carbons (Fsp3) is 0.467. The van der Waals surface area contributed by atoms with Gasteiger partial charge in [-0.05, 0) is 44.9 Å². The number of ether oxygens (including phenoxy) is 1. The van der Waals surface area contributed by atoms with Crippen molar-refractivity contribution in [2.24, 2.45) is 0 Å². The maximum absolute atomic E-state index is 11.9. The summed E-state index contributed by atoms with van der Waals surface area (Å²) in [5.74, 6) is -0.283. The summed E-state index contributed by atoms with van der Waals surface area (Å²) in [7, 11) is 0.204. The molecule has 0 fully saturated rings. The highest BCUT2D eigenvalue weighted by atomic mass is 16.6. The maximum Gasteiger partial charge on any atom is 0.307 e. The lowest BCUT2D eigenvalue weighted by atomic mass is 9.92. The van der Waals surface area contributed by atoms with Gasteiger partial charge in [0, 0.05) is 11.7 Å². The second-order valence-corrected chi connectivity index (χ2v) is 6.01. The summed E-state index contributed by atoms with van der Waals surface area (Å²) in [6, 6.07) is 7.33. The van der Waals surface area contributed by atoms with E-state index in [0.29, 0.717) is 12.1 Å². The van der Waals surface area contributed by atoms with Crippen molar-refractivity contribution in [3.8, 4) is 0 Å². The van der Waals surface area contributed by atoms with Crippen LogP contribution in [-0.4, -0.2) is 31.2 Å². The van der Waals surface area contributed by atoms with Gasteiger partial charge in [-0.15, -0.1) is 0 Å². The van der Waals surface area contributed by atoms with Gasteiger partial charge >= 0.3 is 5.97 Å². The van der Waals surface area contributed by atoms with Gasteiger partial charge in [-0.1, -0.05) is 12.1 Å². The van der Waals surface area contributed by atoms with Crippen molar-refractivity contribution in [3.05, 3.63) is 29.8 Å². The van der Waals surface area contributed by atoms with E-state index in [-0.39, 0.29) is 25.8 Å². The van der Waals surface area contributed by atoms with Crippen molar-refractivity contribution >= 4 is 25.3 Å². The number of benzene rings is 1. The van der Waals surface area contributed by atoms with Gasteiger partial charge in [-0.25, -0.2) is 0 Å². The van der Waals surface area contributed by atoms with Crippen LogP contribution in [0, 0.1) is 0 Å². The first-order chi connectivity index (χ1) is 9.80. The number of anilines is 1. The molecule has 1 atom stereocenters. The Balaban J connectivity index is 2.67. The quantitative estimate of drug-likeness (QED) is 0.339. The first-order valence-electron chi connectivity index (χ1n) is 7.03. The van der Waals surface area contributed by atoms with E-state index >= 15 is 0 Å². The highest BCUT2D eigenvalue weighted by molar-refractivity contribution is 6.64. The minimum Gasteiger partial charge on any atom is -0.460 e. The second kappa shape index (κ2) is 7.83. The average Bonchev–Trinajstić information content (AvgIpc) is 2.33. The third-order valence-corrected chi connectivity index (χ3v) is 2.76. The first kappa shape index (κ1) is 17.2. The number of nitrogens with two attached hydrogens (primary N) is 1. The van der Waals surface area contributed by atoms with Crippen LogP contribution in [0.25, 0.3) is 0 Å². The van der Waals surface area contributed by atoms with Crippen LogP contribution in [0.4, 0.5) is 5.69 Å². The molecule has 0 unspecified atom stereocenters. The molecule has 0 radical (unpaired) electrons. The molecular formula is C15H23BN2O3. The molecule has 0 bridgehead atoms. The molecule has 0 heterocycles. The molecule has 0 saturated carbocycles. The number of carbonyl (C=O) groups is 2. The minimum absolute atomic E-state index is 0.160. The van der Waals surface area contributed by atoms with Crippen LogP contribution in [0.1, 0.15) is 32.8 Å². The first-order valence-corrected chi connectivity index (χ1v) is 7.03. The fourth-order valence-electron chi connectivity index (χ4n) is 2.02. The zero-order valence-electron chi connectivity index (χ0n) is 12.9. The van der Waals surface area contributed by atoms with Gasteiger partial charge in [0.25, 0.3) is 7.41 Å². The summed E-state index contributed by atoms with van der Waals surface area (Å²) >= 11 is 0. The van der Waals surface area contributed by atoms with Crippen molar-refractivity contribution < 1.29 is 14.3 Å². The van der Waals surface area contributed by atoms with Gasteiger partial charge in [0.05, 0.1) is 12.6 Å². The lowest BCUT2D eigenvalue weighted by molar-refractivity contribution is -0.155. The van der Waals surface area contributed by atoms with Gasteiger partial charge in [-0.2, -0.15) is 0 Å². The number of esters is 1. The number of rotatable bonds is 7. The molecule has 0 saturated heterocycles. The molecule has 0 spiro atoms. The van der Waals surface area contributed by atoms with E-state index in [1.807, 2.05) is 45.0 Å². The number of nitrogen functional groups attached to an aromatic ring is 1. The summed E-state index contributed by atoms with van der Waals surface area (Å²) in [4.78, 5) is 22.4. The normalized spacial score (nSPS) is 12.5. The molecule has 0 aliphatic carbocycles. The second-order valence-electron chi connectivity index (χ2n) is 6.01. The van der Waals surface area contributed by atoms with Gasteiger partial charge in [-0.3, -0.25) is 4.79 Å². The SMILES string of the molecule is CC(C)(C)OC(=O)C[C@@H](Cc1cccc(N)c1)NBC=O. The molecule has 1 rings (SSSR count). The molecule has 5 nitrogen and oxygen atoms in total. The largest absolute Gasteiger partial charge is 0.460 e. The number of hydrogen-bond donors (Lipinski definition) is 2. The third-order valence-electron chi connectivity index (χ3n) is 2.76. The smallest absolute Gasteiger partial charge is 0.307 e. The summed E-state index contributed by atoms with van der Waals surface area (Å²) in [5.41, 5.74) is 6.94. The standard InChI is InChI=1S/C15H23BN2O3/c1-15(2,3)21-14(20)9-13(18-16-10-19)8-11-5-4-6-12(17)7-11/h4-7,10,13,16,18H,8-9,17H2,1-3H3/t13-/m1/s1. The summed E-state index contributed by atoms with van der Waals surface area (Å²) < 4.78 is 5.32. The van der Waals surface area contributed by atoms with Gasteiger partial charge in [0.1, 0.15) is 5.60 Å². The maximum atomic E-state index is 11.9. The highest BCUT2D eigenvalue weighted by Gasteiger charge is 2.20. The van der Waals surface area contributed by atoms with Crippen molar-refractivity contribution in [2.75, 3.05) is 5.73 Å². The van der Waals surface area contributed by atoms with Gasteiger partial charge < -0.3 is 20.5 Å². The Kier molecular flexibility index (Phi) is 6.43. The molecule has 6 heteroatoms. The molecule has 21 heavy (non-hydrogen) atoms. The molecule has 114 valence electrons. The van der Waals surface area contributed by atoms with Crippen LogP contribution in [0.2, 0.25) is 0 Å². The summed E-state index contributed by atoms with van der Waals surface area (Å²) in [6.45, 7) is 5.49. The number of hydrogen-bond acceptors (Lipinski definition) is 5. The topological polar surface area (TPSA) is 81.4 Å². The van der Waals surface area contributed by atoms with E-state index in [9.17, 15) is 9.59 Å². The van der Waals surface area contributed by atoms with Crippen LogP contribution in [0.5, 0.6) is 0 Å². The van der Waals surface area contributed by atoms with Gasteiger partial charge in [0.15, 0.2) is 0 Å². The van der Waals surface area contributed by atoms with Crippen LogP contribution >= 0.6 is 0 Å².